The maximum atomic E-state index is 12.7. The molecule has 0 saturated heterocycles. The minimum atomic E-state index is -3.50. The molecule has 0 amide bonds. The van der Waals surface area contributed by atoms with Gasteiger partial charge in [0, 0.05) is 23.9 Å². The van der Waals surface area contributed by atoms with E-state index >= 15 is 0 Å². The zero-order valence-electron chi connectivity index (χ0n) is 12.3. The summed E-state index contributed by atoms with van der Waals surface area (Å²) in [6, 6.07) is 3.54. The van der Waals surface area contributed by atoms with Gasteiger partial charge in [0.15, 0.2) is 0 Å². The first-order chi connectivity index (χ1) is 9.23. The summed E-state index contributed by atoms with van der Waals surface area (Å²) >= 11 is 9.22. The van der Waals surface area contributed by atoms with Crippen LogP contribution in [0.5, 0.6) is 0 Å². The fraction of sp³-hybridized carbons (Fsp3) is 0.571. The molecule has 114 valence electrons. The summed E-state index contributed by atoms with van der Waals surface area (Å²) < 4.78 is 27.4. The van der Waals surface area contributed by atoms with Crippen molar-refractivity contribution in [1.82, 2.24) is 4.31 Å². The molecule has 0 aromatic heterocycles. The number of aryl methyl sites for hydroxylation is 1. The molecule has 0 aliphatic rings. The molecule has 0 N–H and O–H groups in total. The molecule has 0 aliphatic carbocycles. The smallest absolute Gasteiger partial charge is 0.207 e. The summed E-state index contributed by atoms with van der Waals surface area (Å²) in [5.41, 5.74) is 1.68. The van der Waals surface area contributed by atoms with Crippen LogP contribution >= 0.6 is 27.5 Å². The van der Waals surface area contributed by atoms with Crippen molar-refractivity contribution >= 4 is 37.6 Å². The largest absolute Gasteiger partial charge is 0.243 e. The Hall–Kier alpha value is -0.100. The summed E-state index contributed by atoms with van der Waals surface area (Å²) in [7, 11) is -1.88. The third-order valence-corrected chi connectivity index (χ3v) is 6.86. The van der Waals surface area contributed by atoms with Gasteiger partial charge in [-0.2, -0.15) is 0 Å². The highest BCUT2D eigenvalue weighted by Gasteiger charge is 2.25. The van der Waals surface area contributed by atoms with Gasteiger partial charge in [-0.25, -0.2) is 12.7 Å². The molecule has 6 heteroatoms. The highest BCUT2D eigenvalue weighted by Crippen LogP contribution is 2.30. The van der Waals surface area contributed by atoms with Crippen LogP contribution in [-0.2, 0) is 15.9 Å². The van der Waals surface area contributed by atoms with E-state index in [1.165, 1.54) is 4.31 Å². The number of benzene rings is 1. The van der Waals surface area contributed by atoms with Gasteiger partial charge >= 0.3 is 0 Å². The minimum Gasteiger partial charge on any atom is -0.207 e. The summed E-state index contributed by atoms with van der Waals surface area (Å²) in [5.74, 6) is 0.622. The Balaban J connectivity index is 3.24. The van der Waals surface area contributed by atoms with E-state index in [1.54, 1.807) is 13.1 Å². The SMILES string of the molecule is CCC(C)CN(C)S(=O)(=O)c1cc(CCl)cc(C)c1Br. The second-order valence-electron chi connectivity index (χ2n) is 5.16. The minimum absolute atomic E-state index is 0.291. The fourth-order valence-corrected chi connectivity index (χ4v) is 4.38. The van der Waals surface area contributed by atoms with Crippen LogP contribution in [0.1, 0.15) is 31.4 Å². The second kappa shape index (κ2) is 7.25. The Morgan fingerprint density at radius 3 is 2.50 bits per heavy atom. The molecule has 0 heterocycles. The highest BCUT2D eigenvalue weighted by atomic mass is 79.9. The molecule has 0 fully saturated rings. The van der Waals surface area contributed by atoms with E-state index in [2.05, 4.69) is 22.9 Å². The highest BCUT2D eigenvalue weighted by molar-refractivity contribution is 9.10. The zero-order valence-corrected chi connectivity index (χ0v) is 15.4. The monoisotopic (exact) mass is 381 g/mol. The van der Waals surface area contributed by atoms with Crippen molar-refractivity contribution in [2.24, 2.45) is 5.92 Å². The molecule has 1 aromatic rings. The van der Waals surface area contributed by atoms with Crippen LogP contribution in [0.15, 0.2) is 21.5 Å². The van der Waals surface area contributed by atoms with Gasteiger partial charge in [-0.1, -0.05) is 26.3 Å². The summed E-state index contributed by atoms with van der Waals surface area (Å²) in [4.78, 5) is 0.291. The molecule has 3 nitrogen and oxygen atoms in total. The lowest BCUT2D eigenvalue weighted by Crippen LogP contribution is -2.31. The third kappa shape index (κ3) is 3.97. The van der Waals surface area contributed by atoms with Crippen molar-refractivity contribution < 1.29 is 8.42 Å². The van der Waals surface area contributed by atoms with Crippen LogP contribution in [-0.4, -0.2) is 26.3 Å². The van der Waals surface area contributed by atoms with Crippen molar-refractivity contribution in [3.05, 3.63) is 27.7 Å². The summed E-state index contributed by atoms with van der Waals surface area (Å²) in [6.07, 6.45) is 0.946. The lowest BCUT2D eigenvalue weighted by Gasteiger charge is -2.22. The fourth-order valence-electron chi connectivity index (χ4n) is 1.91. The second-order valence-corrected chi connectivity index (χ2v) is 8.23. The molecular formula is C14H21BrClNO2S. The van der Waals surface area contributed by atoms with Gasteiger partial charge in [0.05, 0.1) is 4.90 Å². The lowest BCUT2D eigenvalue weighted by molar-refractivity contribution is 0.393. The molecule has 1 aromatic carbocycles. The standard InChI is InChI=1S/C14H21BrClNO2S/c1-5-10(2)9-17(4)20(18,19)13-7-12(8-16)6-11(3)14(13)15/h6-7,10H,5,8-9H2,1-4H3. The lowest BCUT2D eigenvalue weighted by atomic mass is 10.1. The molecular weight excluding hydrogens is 362 g/mol. The van der Waals surface area contributed by atoms with Gasteiger partial charge in [0.25, 0.3) is 0 Å². The van der Waals surface area contributed by atoms with E-state index in [-0.39, 0.29) is 0 Å². The van der Waals surface area contributed by atoms with Crippen LogP contribution in [0.4, 0.5) is 0 Å². The molecule has 1 unspecified atom stereocenters. The predicted octanol–water partition coefficient (Wildman–Crippen LogP) is 4.16. The number of sulfonamides is 1. The number of hydrogen-bond donors (Lipinski definition) is 0. The van der Waals surface area contributed by atoms with Crippen LogP contribution in [0, 0.1) is 12.8 Å². The quantitative estimate of drug-likeness (QED) is 0.693. The maximum absolute atomic E-state index is 12.7. The number of rotatable bonds is 6. The van der Waals surface area contributed by atoms with E-state index in [1.807, 2.05) is 19.9 Å². The van der Waals surface area contributed by atoms with Crippen molar-refractivity contribution in [3.8, 4) is 0 Å². The first-order valence-electron chi connectivity index (χ1n) is 6.55. The van der Waals surface area contributed by atoms with Crippen LogP contribution in [0.3, 0.4) is 0 Å². The number of halogens is 2. The summed E-state index contributed by atoms with van der Waals surface area (Å²) in [5, 5.41) is 0. The van der Waals surface area contributed by atoms with Crippen molar-refractivity contribution in [2.45, 2.75) is 38.0 Å². The number of alkyl halides is 1. The Morgan fingerprint density at radius 2 is 2.00 bits per heavy atom. The molecule has 0 saturated carbocycles. The van der Waals surface area contributed by atoms with E-state index in [0.717, 1.165) is 17.5 Å². The Bertz CT molecular complexity index is 575. The van der Waals surface area contributed by atoms with Crippen molar-refractivity contribution in [3.63, 3.8) is 0 Å². The molecule has 0 radical (unpaired) electrons. The van der Waals surface area contributed by atoms with Gasteiger partial charge in [0.2, 0.25) is 10.0 Å². The molecule has 0 bridgehead atoms. The normalized spacial score (nSPS) is 13.8. The molecule has 1 atom stereocenters. The van der Waals surface area contributed by atoms with E-state index in [9.17, 15) is 8.42 Å². The Morgan fingerprint density at radius 1 is 1.40 bits per heavy atom. The first kappa shape index (κ1) is 18.0. The molecule has 0 spiro atoms. The average Bonchev–Trinajstić information content (AvgIpc) is 2.40. The number of nitrogens with zero attached hydrogens (tertiary/aromatic N) is 1. The van der Waals surface area contributed by atoms with E-state index < -0.39 is 10.0 Å². The van der Waals surface area contributed by atoms with Crippen molar-refractivity contribution in [2.75, 3.05) is 13.6 Å². The van der Waals surface area contributed by atoms with Gasteiger partial charge < -0.3 is 0 Å². The van der Waals surface area contributed by atoms with Gasteiger partial charge in [-0.05, 0) is 46.0 Å². The Labute approximate surface area is 135 Å². The Kier molecular flexibility index (Phi) is 6.51. The van der Waals surface area contributed by atoms with E-state index in [4.69, 9.17) is 11.6 Å². The topological polar surface area (TPSA) is 37.4 Å². The van der Waals surface area contributed by atoms with Gasteiger partial charge in [-0.3, -0.25) is 0 Å². The van der Waals surface area contributed by atoms with Crippen molar-refractivity contribution in [1.29, 1.82) is 0 Å². The first-order valence-corrected chi connectivity index (χ1v) is 9.32. The summed E-state index contributed by atoms with van der Waals surface area (Å²) in [6.45, 7) is 6.48. The van der Waals surface area contributed by atoms with Crippen LogP contribution in [0.2, 0.25) is 0 Å². The maximum Gasteiger partial charge on any atom is 0.243 e. The van der Waals surface area contributed by atoms with Gasteiger partial charge in [-0.15, -0.1) is 11.6 Å². The van der Waals surface area contributed by atoms with E-state index in [0.29, 0.717) is 27.7 Å². The molecule has 1 rings (SSSR count). The van der Waals surface area contributed by atoms with Crippen LogP contribution in [0.25, 0.3) is 0 Å². The molecule has 0 aliphatic heterocycles. The predicted molar refractivity (Wildman–Crippen MR) is 87.7 cm³/mol. The van der Waals surface area contributed by atoms with Crippen LogP contribution < -0.4 is 0 Å². The average molecular weight is 383 g/mol. The van der Waals surface area contributed by atoms with Gasteiger partial charge in [0.1, 0.15) is 0 Å². The number of hydrogen-bond acceptors (Lipinski definition) is 2. The third-order valence-electron chi connectivity index (χ3n) is 3.39. The zero-order chi connectivity index (χ0) is 15.5. The molecule has 20 heavy (non-hydrogen) atoms.